The number of halogens is 1. The number of nitrogens with one attached hydrogen (secondary N) is 2. The Balaban J connectivity index is 0.00000264. The molecule has 4 N–H and O–H groups in total. The van der Waals surface area contributed by atoms with Gasteiger partial charge in [-0.3, -0.25) is 9.89 Å². The molecule has 0 aliphatic carbocycles. The van der Waals surface area contributed by atoms with Gasteiger partial charge in [-0.05, 0) is 50.6 Å². The normalized spacial score (nSPS) is 10.2. The molecule has 1 heterocycles. The van der Waals surface area contributed by atoms with Gasteiger partial charge < -0.3 is 11.1 Å². The monoisotopic (exact) mass is 337 g/mol. The minimum atomic E-state index is 0. The molecule has 7 heteroatoms. The first-order valence-electron chi connectivity index (χ1n) is 7.68. The molecule has 1 amide bonds. The molecule has 126 valence electrons. The standard InChI is InChI=1S/C16H23N5O.ClH/c1-12-18-16(21-20-12)13-7-9-14(10-8-13)19-15(22)6-4-2-3-5-11-17;/h7-10H,2-6,11,17H2,1H3,(H,19,22)(H,18,20,21);1H. The summed E-state index contributed by atoms with van der Waals surface area (Å²) in [6, 6.07) is 7.54. The Labute approximate surface area is 142 Å². The van der Waals surface area contributed by atoms with Crippen molar-refractivity contribution in [3.8, 4) is 11.4 Å². The fourth-order valence-corrected chi connectivity index (χ4v) is 2.18. The van der Waals surface area contributed by atoms with E-state index in [0.29, 0.717) is 12.2 Å². The van der Waals surface area contributed by atoms with Crippen LogP contribution in [0, 0.1) is 6.92 Å². The number of anilines is 1. The zero-order valence-electron chi connectivity index (χ0n) is 13.3. The van der Waals surface area contributed by atoms with E-state index in [2.05, 4.69) is 20.5 Å². The lowest BCUT2D eigenvalue weighted by Crippen LogP contribution is -2.11. The van der Waals surface area contributed by atoms with Gasteiger partial charge in [0.05, 0.1) is 0 Å². The molecule has 2 rings (SSSR count). The Hall–Kier alpha value is -1.92. The summed E-state index contributed by atoms with van der Waals surface area (Å²) in [6.45, 7) is 2.58. The minimum Gasteiger partial charge on any atom is -0.330 e. The average Bonchev–Trinajstić information content (AvgIpc) is 2.94. The molecule has 1 aromatic carbocycles. The smallest absolute Gasteiger partial charge is 0.224 e. The maximum atomic E-state index is 11.8. The van der Waals surface area contributed by atoms with E-state index in [1.165, 1.54) is 0 Å². The van der Waals surface area contributed by atoms with Crippen molar-refractivity contribution in [1.82, 2.24) is 15.2 Å². The number of carbonyl (C=O) groups is 1. The van der Waals surface area contributed by atoms with E-state index in [0.717, 1.165) is 49.3 Å². The van der Waals surface area contributed by atoms with Crippen LogP contribution in [0.2, 0.25) is 0 Å². The van der Waals surface area contributed by atoms with Crippen LogP contribution >= 0.6 is 12.4 Å². The quantitative estimate of drug-likeness (QED) is 0.645. The Morgan fingerprint density at radius 1 is 1.17 bits per heavy atom. The number of amides is 1. The zero-order valence-corrected chi connectivity index (χ0v) is 14.2. The summed E-state index contributed by atoms with van der Waals surface area (Å²) in [5, 5.41) is 9.83. The minimum absolute atomic E-state index is 0. The number of benzene rings is 1. The van der Waals surface area contributed by atoms with E-state index < -0.39 is 0 Å². The van der Waals surface area contributed by atoms with Crippen molar-refractivity contribution in [3.05, 3.63) is 30.1 Å². The Morgan fingerprint density at radius 3 is 2.48 bits per heavy atom. The molecular formula is C16H24ClN5O. The Bertz CT molecular complexity index is 597. The van der Waals surface area contributed by atoms with Crippen molar-refractivity contribution < 1.29 is 4.79 Å². The third kappa shape index (κ3) is 6.38. The summed E-state index contributed by atoms with van der Waals surface area (Å²) in [6.07, 6.45) is 4.62. The number of nitrogens with two attached hydrogens (primary N) is 1. The van der Waals surface area contributed by atoms with Gasteiger partial charge in [0.15, 0.2) is 5.82 Å². The molecule has 0 atom stereocenters. The van der Waals surface area contributed by atoms with Crippen LogP contribution in [0.4, 0.5) is 5.69 Å². The van der Waals surface area contributed by atoms with Crippen molar-refractivity contribution in [1.29, 1.82) is 0 Å². The van der Waals surface area contributed by atoms with Gasteiger partial charge in [-0.15, -0.1) is 12.4 Å². The number of hydrogen-bond donors (Lipinski definition) is 3. The molecule has 0 fully saturated rings. The summed E-state index contributed by atoms with van der Waals surface area (Å²) in [4.78, 5) is 16.1. The Morgan fingerprint density at radius 2 is 1.87 bits per heavy atom. The van der Waals surface area contributed by atoms with Crippen molar-refractivity contribution in [2.24, 2.45) is 5.73 Å². The third-order valence-electron chi connectivity index (χ3n) is 3.38. The molecule has 0 unspecified atom stereocenters. The number of carbonyl (C=O) groups excluding carboxylic acids is 1. The van der Waals surface area contributed by atoms with Crippen LogP contribution in [0.25, 0.3) is 11.4 Å². The SMILES string of the molecule is Cc1nc(-c2ccc(NC(=O)CCCCCCN)cc2)n[nH]1.Cl. The fourth-order valence-electron chi connectivity index (χ4n) is 2.18. The molecule has 0 aliphatic rings. The maximum Gasteiger partial charge on any atom is 0.224 e. The van der Waals surface area contributed by atoms with Crippen LogP contribution in [-0.2, 0) is 4.79 Å². The van der Waals surface area contributed by atoms with Gasteiger partial charge in [-0.25, -0.2) is 4.98 Å². The second kappa shape index (κ2) is 9.97. The summed E-state index contributed by atoms with van der Waals surface area (Å²) in [5.41, 5.74) is 7.15. The zero-order chi connectivity index (χ0) is 15.8. The summed E-state index contributed by atoms with van der Waals surface area (Å²) >= 11 is 0. The van der Waals surface area contributed by atoms with E-state index in [1.807, 2.05) is 31.2 Å². The van der Waals surface area contributed by atoms with E-state index in [9.17, 15) is 4.79 Å². The topological polar surface area (TPSA) is 96.7 Å². The van der Waals surface area contributed by atoms with Crippen molar-refractivity contribution in [2.45, 2.75) is 39.0 Å². The number of unbranched alkanes of at least 4 members (excludes halogenated alkanes) is 3. The lowest BCUT2D eigenvalue weighted by molar-refractivity contribution is -0.116. The van der Waals surface area contributed by atoms with Crippen molar-refractivity contribution in [2.75, 3.05) is 11.9 Å². The van der Waals surface area contributed by atoms with E-state index in [1.54, 1.807) is 0 Å². The number of aryl methyl sites for hydroxylation is 1. The van der Waals surface area contributed by atoms with Crippen LogP contribution in [0.3, 0.4) is 0 Å². The van der Waals surface area contributed by atoms with Gasteiger partial charge >= 0.3 is 0 Å². The number of aromatic nitrogens is 3. The largest absolute Gasteiger partial charge is 0.330 e. The maximum absolute atomic E-state index is 11.8. The highest BCUT2D eigenvalue weighted by Crippen LogP contribution is 2.18. The lowest BCUT2D eigenvalue weighted by Gasteiger charge is -2.05. The van der Waals surface area contributed by atoms with E-state index in [4.69, 9.17) is 5.73 Å². The van der Waals surface area contributed by atoms with E-state index >= 15 is 0 Å². The first kappa shape index (κ1) is 19.1. The summed E-state index contributed by atoms with van der Waals surface area (Å²) < 4.78 is 0. The molecular weight excluding hydrogens is 314 g/mol. The van der Waals surface area contributed by atoms with E-state index in [-0.39, 0.29) is 18.3 Å². The van der Waals surface area contributed by atoms with Crippen molar-refractivity contribution >= 4 is 24.0 Å². The molecule has 0 saturated heterocycles. The molecule has 0 radical (unpaired) electrons. The van der Waals surface area contributed by atoms with Crippen LogP contribution < -0.4 is 11.1 Å². The highest BCUT2D eigenvalue weighted by atomic mass is 35.5. The highest BCUT2D eigenvalue weighted by Gasteiger charge is 2.05. The number of H-pyrrole nitrogens is 1. The van der Waals surface area contributed by atoms with Crippen LogP contribution in [0.5, 0.6) is 0 Å². The molecule has 1 aromatic heterocycles. The molecule has 2 aromatic rings. The van der Waals surface area contributed by atoms with Crippen LogP contribution in [-0.4, -0.2) is 27.6 Å². The number of hydrogen-bond acceptors (Lipinski definition) is 4. The number of aromatic amines is 1. The van der Waals surface area contributed by atoms with Gasteiger partial charge in [-0.2, -0.15) is 5.10 Å². The predicted octanol–water partition coefficient (Wildman–Crippen LogP) is 3.05. The fraction of sp³-hybridized carbons (Fsp3) is 0.438. The first-order valence-corrected chi connectivity index (χ1v) is 7.68. The second-order valence-electron chi connectivity index (χ2n) is 5.32. The molecule has 0 bridgehead atoms. The van der Waals surface area contributed by atoms with Crippen LogP contribution in [0.1, 0.15) is 37.9 Å². The Kier molecular flexibility index (Phi) is 8.29. The highest BCUT2D eigenvalue weighted by molar-refractivity contribution is 5.90. The van der Waals surface area contributed by atoms with Gasteiger partial charge in [0.1, 0.15) is 5.82 Å². The van der Waals surface area contributed by atoms with Gasteiger partial charge in [0.2, 0.25) is 5.91 Å². The molecule has 6 nitrogen and oxygen atoms in total. The van der Waals surface area contributed by atoms with Gasteiger partial charge in [-0.1, -0.05) is 12.8 Å². The lowest BCUT2D eigenvalue weighted by atomic mass is 10.1. The van der Waals surface area contributed by atoms with Crippen LogP contribution in [0.15, 0.2) is 24.3 Å². The summed E-state index contributed by atoms with van der Waals surface area (Å²) in [5.74, 6) is 1.49. The molecule has 23 heavy (non-hydrogen) atoms. The first-order chi connectivity index (χ1) is 10.7. The second-order valence-corrected chi connectivity index (χ2v) is 5.32. The predicted molar refractivity (Wildman–Crippen MR) is 94.6 cm³/mol. The van der Waals surface area contributed by atoms with Crippen molar-refractivity contribution in [3.63, 3.8) is 0 Å². The molecule has 0 aliphatic heterocycles. The third-order valence-corrected chi connectivity index (χ3v) is 3.38. The number of rotatable bonds is 8. The average molecular weight is 338 g/mol. The molecule has 0 saturated carbocycles. The summed E-state index contributed by atoms with van der Waals surface area (Å²) in [7, 11) is 0. The number of nitrogens with zero attached hydrogens (tertiary/aromatic N) is 2. The van der Waals surface area contributed by atoms with Gasteiger partial charge in [0.25, 0.3) is 0 Å². The molecule has 0 spiro atoms. The van der Waals surface area contributed by atoms with Gasteiger partial charge in [0, 0.05) is 17.7 Å².